The highest BCUT2D eigenvalue weighted by Crippen LogP contribution is 2.18. The Labute approximate surface area is 162 Å². The van der Waals surface area contributed by atoms with Crippen molar-refractivity contribution in [3.8, 4) is 0 Å². The number of benzene rings is 2. The number of hydrogen-bond acceptors (Lipinski definition) is 3. The number of amides is 2. The quantitative estimate of drug-likeness (QED) is 0.611. The molecule has 0 saturated heterocycles. The molecule has 1 aromatic heterocycles. The van der Waals surface area contributed by atoms with Crippen LogP contribution in [0.5, 0.6) is 0 Å². The van der Waals surface area contributed by atoms with Crippen molar-refractivity contribution in [3.05, 3.63) is 88.6 Å². The number of nitrogens with zero attached hydrogens (tertiary/aromatic N) is 1. The SMILES string of the molecule is CCN(C(=O)c1ccc(NC(=O)/C=C/c2cccs2)cc1)c1ccccc1. The largest absolute Gasteiger partial charge is 0.323 e. The highest BCUT2D eigenvalue weighted by Gasteiger charge is 2.15. The van der Waals surface area contributed by atoms with Crippen molar-refractivity contribution in [2.45, 2.75) is 6.92 Å². The molecule has 2 amide bonds. The summed E-state index contributed by atoms with van der Waals surface area (Å²) in [5.41, 5.74) is 2.09. The molecule has 0 aliphatic carbocycles. The Balaban J connectivity index is 1.65. The van der Waals surface area contributed by atoms with E-state index < -0.39 is 0 Å². The number of nitrogens with one attached hydrogen (secondary N) is 1. The smallest absolute Gasteiger partial charge is 0.258 e. The first-order valence-corrected chi connectivity index (χ1v) is 9.55. The Morgan fingerprint density at radius 3 is 2.37 bits per heavy atom. The standard InChI is InChI=1S/C22H20N2O2S/c1-2-24(19-7-4-3-5-8-19)22(26)17-10-12-18(13-11-17)23-21(25)15-14-20-9-6-16-27-20/h3-16H,2H2,1H3,(H,23,25)/b15-14+. The molecule has 5 heteroatoms. The van der Waals surface area contributed by atoms with Crippen molar-refractivity contribution in [3.63, 3.8) is 0 Å². The molecule has 0 bridgehead atoms. The number of anilines is 2. The lowest BCUT2D eigenvalue weighted by molar-refractivity contribution is -0.111. The van der Waals surface area contributed by atoms with Gasteiger partial charge in [0.15, 0.2) is 0 Å². The molecule has 0 radical (unpaired) electrons. The molecule has 136 valence electrons. The first-order valence-electron chi connectivity index (χ1n) is 8.67. The number of para-hydroxylation sites is 1. The first-order chi connectivity index (χ1) is 13.2. The maximum Gasteiger partial charge on any atom is 0.258 e. The van der Waals surface area contributed by atoms with E-state index in [1.54, 1.807) is 46.6 Å². The van der Waals surface area contributed by atoms with Gasteiger partial charge >= 0.3 is 0 Å². The minimum absolute atomic E-state index is 0.0702. The van der Waals surface area contributed by atoms with Gasteiger partial charge in [-0.05, 0) is 60.8 Å². The molecule has 3 aromatic rings. The van der Waals surface area contributed by atoms with Crippen LogP contribution < -0.4 is 10.2 Å². The topological polar surface area (TPSA) is 49.4 Å². The van der Waals surface area contributed by atoms with Gasteiger partial charge in [-0.3, -0.25) is 9.59 Å². The third kappa shape index (κ3) is 4.92. The van der Waals surface area contributed by atoms with E-state index in [2.05, 4.69) is 5.32 Å². The fourth-order valence-electron chi connectivity index (χ4n) is 2.63. The summed E-state index contributed by atoms with van der Waals surface area (Å²) in [7, 11) is 0. The van der Waals surface area contributed by atoms with Gasteiger partial charge in [-0.25, -0.2) is 0 Å². The van der Waals surface area contributed by atoms with Gasteiger partial charge in [0.2, 0.25) is 5.91 Å². The van der Waals surface area contributed by atoms with Crippen LogP contribution in [0.25, 0.3) is 6.08 Å². The van der Waals surface area contributed by atoms with Crippen LogP contribution in [-0.2, 0) is 4.79 Å². The van der Waals surface area contributed by atoms with Crippen LogP contribution in [0.3, 0.4) is 0 Å². The van der Waals surface area contributed by atoms with E-state index in [0.717, 1.165) is 10.6 Å². The number of carbonyl (C=O) groups excluding carboxylic acids is 2. The summed E-state index contributed by atoms with van der Waals surface area (Å²) in [5.74, 6) is -0.277. The Morgan fingerprint density at radius 1 is 1.00 bits per heavy atom. The fraction of sp³-hybridized carbons (Fsp3) is 0.0909. The molecule has 0 aliphatic heterocycles. The van der Waals surface area contributed by atoms with E-state index in [1.165, 1.54) is 6.08 Å². The minimum Gasteiger partial charge on any atom is -0.323 e. The predicted molar refractivity (Wildman–Crippen MR) is 112 cm³/mol. The molecular formula is C22H20N2O2S. The number of thiophene rings is 1. The van der Waals surface area contributed by atoms with Crippen LogP contribution in [0.15, 0.2) is 78.2 Å². The van der Waals surface area contributed by atoms with Crippen molar-refractivity contribution in [1.29, 1.82) is 0 Å². The van der Waals surface area contributed by atoms with Gasteiger partial charge in [0.1, 0.15) is 0 Å². The molecule has 0 atom stereocenters. The van der Waals surface area contributed by atoms with Crippen molar-refractivity contribution in [2.24, 2.45) is 0 Å². The van der Waals surface area contributed by atoms with Crippen LogP contribution in [-0.4, -0.2) is 18.4 Å². The molecule has 27 heavy (non-hydrogen) atoms. The summed E-state index contributed by atoms with van der Waals surface area (Å²) >= 11 is 1.57. The third-order valence-electron chi connectivity index (χ3n) is 3.97. The lowest BCUT2D eigenvalue weighted by Crippen LogP contribution is -2.30. The van der Waals surface area contributed by atoms with Crippen LogP contribution in [0.4, 0.5) is 11.4 Å². The summed E-state index contributed by atoms with van der Waals surface area (Å²) in [6, 6.07) is 20.4. The molecule has 0 fully saturated rings. The van der Waals surface area contributed by atoms with Crippen molar-refractivity contribution in [1.82, 2.24) is 0 Å². The Kier molecular flexibility index (Phi) is 6.18. The molecule has 0 aliphatic rings. The highest BCUT2D eigenvalue weighted by atomic mass is 32.1. The van der Waals surface area contributed by atoms with Gasteiger partial charge in [0.25, 0.3) is 5.91 Å². The maximum absolute atomic E-state index is 12.8. The second-order valence-electron chi connectivity index (χ2n) is 5.80. The van der Waals surface area contributed by atoms with Gasteiger partial charge in [0.05, 0.1) is 0 Å². The summed E-state index contributed by atoms with van der Waals surface area (Å²) < 4.78 is 0. The predicted octanol–water partition coefficient (Wildman–Crippen LogP) is 5.07. The molecule has 0 spiro atoms. The van der Waals surface area contributed by atoms with Crippen molar-refractivity contribution >= 4 is 40.6 Å². The van der Waals surface area contributed by atoms with E-state index in [-0.39, 0.29) is 11.8 Å². The molecule has 4 nitrogen and oxygen atoms in total. The monoisotopic (exact) mass is 376 g/mol. The van der Waals surface area contributed by atoms with Crippen molar-refractivity contribution < 1.29 is 9.59 Å². The number of rotatable bonds is 6. The Bertz CT molecular complexity index is 917. The summed E-state index contributed by atoms with van der Waals surface area (Å²) in [6.07, 6.45) is 3.27. The van der Waals surface area contributed by atoms with Crippen LogP contribution in [0, 0.1) is 0 Å². The zero-order valence-electron chi connectivity index (χ0n) is 15.0. The van der Waals surface area contributed by atoms with E-state index in [1.807, 2.05) is 54.8 Å². The van der Waals surface area contributed by atoms with E-state index in [4.69, 9.17) is 0 Å². The van der Waals surface area contributed by atoms with Gasteiger partial charge in [-0.15, -0.1) is 11.3 Å². The minimum atomic E-state index is -0.207. The molecule has 3 rings (SSSR count). The van der Waals surface area contributed by atoms with Crippen LogP contribution in [0.1, 0.15) is 22.2 Å². The van der Waals surface area contributed by atoms with Gasteiger partial charge in [-0.2, -0.15) is 0 Å². The lowest BCUT2D eigenvalue weighted by Gasteiger charge is -2.21. The van der Waals surface area contributed by atoms with Gasteiger partial charge < -0.3 is 10.2 Å². The third-order valence-corrected chi connectivity index (χ3v) is 4.81. The summed E-state index contributed by atoms with van der Waals surface area (Å²) in [4.78, 5) is 27.5. The zero-order chi connectivity index (χ0) is 19.1. The summed E-state index contributed by atoms with van der Waals surface area (Å²) in [6.45, 7) is 2.52. The highest BCUT2D eigenvalue weighted by molar-refractivity contribution is 7.10. The van der Waals surface area contributed by atoms with Crippen molar-refractivity contribution in [2.75, 3.05) is 16.8 Å². The van der Waals surface area contributed by atoms with Crippen LogP contribution >= 0.6 is 11.3 Å². The average Bonchev–Trinajstić information content (AvgIpc) is 3.22. The second-order valence-corrected chi connectivity index (χ2v) is 6.78. The number of carbonyl (C=O) groups is 2. The molecule has 0 saturated carbocycles. The Hall–Kier alpha value is -3.18. The molecule has 1 heterocycles. The van der Waals surface area contributed by atoms with E-state index in [0.29, 0.717) is 17.8 Å². The van der Waals surface area contributed by atoms with E-state index in [9.17, 15) is 9.59 Å². The van der Waals surface area contributed by atoms with E-state index >= 15 is 0 Å². The molecule has 0 unspecified atom stereocenters. The maximum atomic E-state index is 12.8. The average molecular weight is 376 g/mol. The molecular weight excluding hydrogens is 356 g/mol. The molecule has 2 aromatic carbocycles. The molecule has 1 N–H and O–H groups in total. The second kappa shape index (κ2) is 8.96. The van der Waals surface area contributed by atoms with Crippen LogP contribution in [0.2, 0.25) is 0 Å². The lowest BCUT2D eigenvalue weighted by atomic mass is 10.1. The van der Waals surface area contributed by atoms with Gasteiger partial charge in [-0.1, -0.05) is 24.3 Å². The van der Waals surface area contributed by atoms with Gasteiger partial charge in [0, 0.05) is 34.4 Å². The normalized spacial score (nSPS) is 10.7. The summed E-state index contributed by atoms with van der Waals surface area (Å²) in [5, 5.41) is 4.76. The first kappa shape index (κ1) is 18.6. The number of hydrogen-bond donors (Lipinski definition) is 1. The zero-order valence-corrected chi connectivity index (χ0v) is 15.8. The Morgan fingerprint density at radius 2 is 1.74 bits per heavy atom. The fourth-order valence-corrected chi connectivity index (χ4v) is 3.25.